The van der Waals surface area contributed by atoms with Crippen LogP contribution in [0.4, 0.5) is 15.9 Å². The van der Waals surface area contributed by atoms with Gasteiger partial charge in [0.25, 0.3) is 0 Å². The van der Waals surface area contributed by atoms with Crippen LogP contribution in [0.3, 0.4) is 0 Å². The molecule has 0 radical (unpaired) electrons. The van der Waals surface area contributed by atoms with Crippen molar-refractivity contribution in [2.75, 3.05) is 51.9 Å². The van der Waals surface area contributed by atoms with Gasteiger partial charge in [-0.3, -0.25) is 0 Å². The monoisotopic (exact) mass is 486 g/mol. The van der Waals surface area contributed by atoms with Crippen molar-refractivity contribution in [1.29, 1.82) is 0 Å². The summed E-state index contributed by atoms with van der Waals surface area (Å²) in [6, 6.07) is 8.15. The number of hydrogen-bond acceptors (Lipinski definition) is 7. The first-order valence-electron chi connectivity index (χ1n) is 11.5. The summed E-state index contributed by atoms with van der Waals surface area (Å²) in [7, 11) is 1.61. The Hall–Kier alpha value is -2.68. The lowest BCUT2D eigenvalue weighted by atomic mass is 9.77. The predicted octanol–water partition coefficient (Wildman–Crippen LogP) is 5.06. The number of fused-ring (bicyclic) bond motifs is 1. The molecule has 5 rings (SSSR count). The van der Waals surface area contributed by atoms with Gasteiger partial charge in [0.15, 0.2) is 11.5 Å². The van der Waals surface area contributed by atoms with E-state index in [9.17, 15) is 4.39 Å². The molecule has 3 aromatic rings. The summed E-state index contributed by atoms with van der Waals surface area (Å²) in [5.41, 5.74) is 1.79. The summed E-state index contributed by atoms with van der Waals surface area (Å²) < 4.78 is 30.6. The van der Waals surface area contributed by atoms with Crippen LogP contribution >= 0.6 is 11.6 Å². The molecule has 34 heavy (non-hydrogen) atoms. The fourth-order valence-corrected chi connectivity index (χ4v) is 4.73. The van der Waals surface area contributed by atoms with E-state index in [0.29, 0.717) is 40.5 Å². The van der Waals surface area contributed by atoms with Crippen LogP contribution in [0.5, 0.6) is 11.5 Å². The van der Waals surface area contributed by atoms with Crippen molar-refractivity contribution >= 4 is 34.0 Å². The van der Waals surface area contributed by atoms with Gasteiger partial charge in [-0.25, -0.2) is 14.4 Å². The lowest BCUT2D eigenvalue weighted by Crippen LogP contribution is -2.51. The molecule has 0 unspecified atom stereocenters. The van der Waals surface area contributed by atoms with Gasteiger partial charge in [-0.2, -0.15) is 0 Å². The number of anilines is 2. The molecule has 180 valence electrons. The number of aromatic nitrogens is 2. The van der Waals surface area contributed by atoms with Crippen LogP contribution in [0, 0.1) is 11.2 Å². The Bertz CT molecular complexity index is 1160. The lowest BCUT2D eigenvalue weighted by Gasteiger charge is -2.47. The molecule has 2 aliphatic heterocycles. The quantitative estimate of drug-likeness (QED) is 0.446. The molecule has 0 atom stereocenters. The van der Waals surface area contributed by atoms with E-state index in [1.807, 2.05) is 12.1 Å². The van der Waals surface area contributed by atoms with Crippen LogP contribution < -0.4 is 14.8 Å². The van der Waals surface area contributed by atoms with Crippen molar-refractivity contribution in [3.05, 3.63) is 47.5 Å². The normalized spacial score (nSPS) is 17.5. The number of piperidine rings is 1. The van der Waals surface area contributed by atoms with Gasteiger partial charge in [-0.05, 0) is 56.6 Å². The summed E-state index contributed by atoms with van der Waals surface area (Å²) in [6.45, 7) is 5.70. The highest BCUT2D eigenvalue weighted by molar-refractivity contribution is 6.31. The first-order chi connectivity index (χ1) is 16.5. The van der Waals surface area contributed by atoms with Crippen LogP contribution in [0.1, 0.15) is 19.3 Å². The standard InChI is InChI=1S/C25H28ClFN4O3/c1-32-22-13-21-18(24(29-16-28-21)30-17-3-4-20(27)19(26)11-17)12-23(22)34-10-2-7-31-8-5-25(6-9-31)14-33-15-25/h3-4,11-13,16H,2,5-10,14-15H2,1H3,(H,28,29,30). The van der Waals surface area contributed by atoms with Crippen molar-refractivity contribution in [1.82, 2.24) is 14.9 Å². The van der Waals surface area contributed by atoms with E-state index >= 15 is 0 Å². The van der Waals surface area contributed by atoms with Crippen molar-refractivity contribution in [2.24, 2.45) is 5.41 Å². The Labute approximate surface area is 203 Å². The molecule has 1 N–H and O–H groups in total. The highest BCUT2D eigenvalue weighted by Gasteiger charge is 2.40. The van der Waals surface area contributed by atoms with Gasteiger partial charge in [-0.1, -0.05) is 11.6 Å². The SMILES string of the molecule is COc1cc2ncnc(Nc3ccc(F)c(Cl)c3)c2cc1OCCCN1CCC2(CC1)COC2. The zero-order chi connectivity index (χ0) is 23.5. The average molecular weight is 487 g/mol. The van der Waals surface area contributed by atoms with Gasteiger partial charge in [0.2, 0.25) is 0 Å². The van der Waals surface area contributed by atoms with Crippen molar-refractivity contribution < 1.29 is 18.6 Å². The molecule has 7 nitrogen and oxygen atoms in total. The molecule has 0 aliphatic carbocycles. The first kappa shape index (κ1) is 23.1. The Kier molecular flexibility index (Phi) is 6.72. The number of rotatable bonds is 8. The second-order valence-corrected chi connectivity index (χ2v) is 9.44. The van der Waals surface area contributed by atoms with Crippen LogP contribution in [0.25, 0.3) is 10.9 Å². The third kappa shape index (κ3) is 4.89. The zero-order valence-corrected chi connectivity index (χ0v) is 19.9. The third-order valence-electron chi connectivity index (χ3n) is 6.71. The summed E-state index contributed by atoms with van der Waals surface area (Å²) in [6.07, 6.45) is 4.84. The van der Waals surface area contributed by atoms with Crippen molar-refractivity contribution in [3.8, 4) is 11.5 Å². The summed E-state index contributed by atoms with van der Waals surface area (Å²) in [4.78, 5) is 11.2. The number of benzene rings is 2. The van der Waals surface area contributed by atoms with Gasteiger partial charge < -0.3 is 24.4 Å². The minimum Gasteiger partial charge on any atom is -0.493 e. The fraction of sp³-hybridized carbons (Fsp3) is 0.440. The molecule has 1 aromatic heterocycles. The number of halogens is 2. The lowest BCUT2D eigenvalue weighted by molar-refractivity contribution is -0.139. The van der Waals surface area contributed by atoms with E-state index in [0.717, 1.165) is 44.7 Å². The summed E-state index contributed by atoms with van der Waals surface area (Å²) >= 11 is 5.92. The first-order valence-corrected chi connectivity index (χ1v) is 11.9. The molecule has 2 aromatic carbocycles. The maximum Gasteiger partial charge on any atom is 0.162 e. The zero-order valence-electron chi connectivity index (χ0n) is 19.2. The summed E-state index contributed by atoms with van der Waals surface area (Å²) in [5, 5.41) is 4.00. The van der Waals surface area contributed by atoms with Gasteiger partial charge in [0.05, 0.1) is 37.5 Å². The van der Waals surface area contributed by atoms with Crippen molar-refractivity contribution in [3.63, 3.8) is 0 Å². The maximum atomic E-state index is 13.5. The highest BCUT2D eigenvalue weighted by Crippen LogP contribution is 2.38. The maximum absolute atomic E-state index is 13.5. The molecular weight excluding hydrogens is 459 g/mol. The Balaban J connectivity index is 1.25. The van der Waals surface area contributed by atoms with E-state index in [2.05, 4.69) is 20.2 Å². The topological polar surface area (TPSA) is 68.7 Å². The summed E-state index contributed by atoms with van der Waals surface area (Å²) in [5.74, 6) is 1.35. The minimum absolute atomic E-state index is 0.0407. The van der Waals surface area contributed by atoms with Gasteiger partial charge >= 0.3 is 0 Å². The molecule has 1 spiro atoms. The molecule has 3 heterocycles. The highest BCUT2D eigenvalue weighted by atomic mass is 35.5. The fourth-order valence-electron chi connectivity index (χ4n) is 4.55. The largest absolute Gasteiger partial charge is 0.493 e. The van der Waals surface area contributed by atoms with E-state index in [1.165, 1.54) is 31.3 Å². The number of methoxy groups -OCH3 is 1. The van der Waals surface area contributed by atoms with Crippen LogP contribution in [-0.4, -0.2) is 61.4 Å². The molecule has 2 fully saturated rings. The van der Waals surface area contributed by atoms with E-state index in [1.54, 1.807) is 13.2 Å². The van der Waals surface area contributed by atoms with Gasteiger partial charge in [0.1, 0.15) is 18.0 Å². The second-order valence-electron chi connectivity index (χ2n) is 9.03. The number of likely N-dealkylation sites (tertiary alicyclic amines) is 1. The number of ether oxygens (including phenoxy) is 3. The third-order valence-corrected chi connectivity index (χ3v) is 7.00. The van der Waals surface area contributed by atoms with E-state index in [4.69, 9.17) is 25.8 Å². The van der Waals surface area contributed by atoms with Gasteiger partial charge in [0, 0.05) is 29.1 Å². The molecule has 2 aliphatic rings. The molecule has 0 saturated carbocycles. The van der Waals surface area contributed by atoms with E-state index in [-0.39, 0.29) is 5.02 Å². The molecule has 9 heteroatoms. The molecule has 0 amide bonds. The van der Waals surface area contributed by atoms with Crippen LogP contribution in [0.15, 0.2) is 36.7 Å². The Morgan fingerprint density at radius 2 is 1.97 bits per heavy atom. The second kappa shape index (κ2) is 9.90. The predicted molar refractivity (Wildman–Crippen MR) is 130 cm³/mol. The van der Waals surface area contributed by atoms with Crippen molar-refractivity contribution in [2.45, 2.75) is 19.3 Å². The van der Waals surface area contributed by atoms with Crippen LogP contribution in [0.2, 0.25) is 5.02 Å². The van der Waals surface area contributed by atoms with E-state index < -0.39 is 5.82 Å². The smallest absolute Gasteiger partial charge is 0.162 e. The van der Waals surface area contributed by atoms with Gasteiger partial charge in [-0.15, -0.1) is 0 Å². The number of hydrogen-bond donors (Lipinski definition) is 1. The molecule has 2 saturated heterocycles. The van der Waals surface area contributed by atoms with Crippen LogP contribution in [-0.2, 0) is 4.74 Å². The Morgan fingerprint density at radius 1 is 1.15 bits per heavy atom. The molecule has 0 bridgehead atoms. The number of nitrogens with one attached hydrogen (secondary N) is 1. The average Bonchev–Trinajstić information content (AvgIpc) is 2.83. The number of nitrogens with zero attached hydrogens (tertiary/aromatic N) is 3. The minimum atomic E-state index is -0.471. The Morgan fingerprint density at radius 3 is 2.68 bits per heavy atom. The molecular formula is C25H28ClFN4O3.